The number of hydrogen-bond acceptors (Lipinski definition) is 3. The lowest BCUT2D eigenvalue weighted by Crippen LogP contribution is -1.95. The highest BCUT2D eigenvalue weighted by molar-refractivity contribution is 5.53. The molecule has 0 saturated heterocycles. The summed E-state index contributed by atoms with van der Waals surface area (Å²) in [5.41, 5.74) is 1.75. The molecule has 0 aliphatic carbocycles. The normalized spacial score (nSPS) is 19.8. The van der Waals surface area contributed by atoms with Gasteiger partial charge in [0.15, 0.2) is 0 Å². The molecule has 0 fully saturated rings. The van der Waals surface area contributed by atoms with Crippen LogP contribution in [0.1, 0.15) is 23.7 Å². The molecule has 3 nitrogen and oxygen atoms in total. The van der Waals surface area contributed by atoms with Crippen molar-refractivity contribution in [1.29, 1.82) is 0 Å². The molecule has 0 radical (unpaired) electrons. The van der Waals surface area contributed by atoms with Crippen molar-refractivity contribution < 1.29 is 14.6 Å². The van der Waals surface area contributed by atoms with Gasteiger partial charge in [-0.1, -0.05) is 12.1 Å². The third-order valence-corrected chi connectivity index (χ3v) is 2.27. The van der Waals surface area contributed by atoms with Gasteiger partial charge < -0.3 is 14.6 Å². The fourth-order valence-corrected chi connectivity index (χ4v) is 1.61. The number of benzene rings is 1. The second-order valence-corrected chi connectivity index (χ2v) is 3.05. The maximum atomic E-state index is 10.3. The summed E-state index contributed by atoms with van der Waals surface area (Å²) in [5, 5.41) is 9.45. The van der Waals surface area contributed by atoms with Gasteiger partial charge in [-0.15, -0.1) is 0 Å². The number of hydrogen-bond donors (Lipinski definition) is 1. The second kappa shape index (κ2) is 3.18. The molecule has 3 heteroatoms. The molecule has 1 heterocycles. The van der Waals surface area contributed by atoms with Crippen LogP contribution in [0.5, 0.6) is 5.75 Å². The van der Waals surface area contributed by atoms with Crippen LogP contribution in [0, 0.1) is 0 Å². The highest BCUT2D eigenvalue weighted by atomic mass is 16.5. The van der Waals surface area contributed by atoms with Crippen molar-refractivity contribution >= 4 is 6.29 Å². The third-order valence-electron chi connectivity index (χ3n) is 2.27. The predicted octanol–water partition coefficient (Wildman–Crippen LogP) is 1.55. The van der Waals surface area contributed by atoms with Gasteiger partial charge in [-0.05, 0) is 11.6 Å². The van der Waals surface area contributed by atoms with Crippen molar-refractivity contribution in [3.63, 3.8) is 0 Å². The summed E-state index contributed by atoms with van der Waals surface area (Å²) in [7, 11) is 0. The van der Waals surface area contributed by atoms with Gasteiger partial charge in [-0.3, -0.25) is 0 Å². The lowest BCUT2D eigenvalue weighted by Gasteiger charge is -2.05. The van der Waals surface area contributed by atoms with E-state index in [1.54, 1.807) is 12.1 Å². The molecule has 0 saturated carbocycles. The maximum Gasteiger partial charge on any atom is 0.122 e. The topological polar surface area (TPSA) is 46.5 Å². The molecular formula is C10H10O3. The maximum absolute atomic E-state index is 10.3. The van der Waals surface area contributed by atoms with E-state index >= 15 is 0 Å². The molecule has 2 rings (SSSR count). The molecule has 0 bridgehead atoms. The molecule has 1 atom stereocenters. The summed E-state index contributed by atoms with van der Waals surface area (Å²) >= 11 is 0. The number of carbonyl (C=O) groups is 1. The molecule has 68 valence electrons. The minimum atomic E-state index is -0.167. The van der Waals surface area contributed by atoms with Gasteiger partial charge in [0, 0.05) is 12.0 Å². The Bertz CT molecular complexity index is 333. The standard InChI is InChI=1S/C10H10O3/c11-5-4-10-7-2-1-3-9(12)8(7)6-13-10/h1-3,5,10,12H,4,6H2. The zero-order chi connectivity index (χ0) is 9.26. The monoisotopic (exact) mass is 178 g/mol. The van der Waals surface area contributed by atoms with Crippen molar-refractivity contribution in [1.82, 2.24) is 0 Å². The summed E-state index contributed by atoms with van der Waals surface area (Å²) in [6.07, 6.45) is 1.03. The molecule has 0 aromatic heterocycles. The van der Waals surface area contributed by atoms with Gasteiger partial charge in [-0.25, -0.2) is 0 Å². The lowest BCUT2D eigenvalue weighted by molar-refractivity contribution is -0.110. The predicted molar refractivity (Wildman–Crippen MR) is 46.3 cm³/mol. The Balaban J connectivity index is 2.37. The molecule has 1 aliphatic heterocycles. The summed E-state index contributed by atoms with van der Waals surface area (Å²) in [5.74, 6) is 0.255. The van der Waals surface area contributed by atoms with Crippen LogP contribution in [0.3, 0.4) is 0 Å². The quantitative estimate of drug-likeness (QED) is 0.699. The number of carbonyl (C=O) groups excluding carboxylic acids is 1. The summed E-state index contributed by atoms with van der Waals surface area (Å²) < 4.78 is 5.35. The SMILES string of the molecule is O=CCC1OCc2c(O)cccc21. The van der Waals surface area contributed by atoms with Crippen LogP contribution in [-0.4, -0.2) is 11.4 Å². The van der Waals surface area contributed by atoms with Crippen LogP contribution in [0.25, 0.3) is 0 Å². The number of phenolic OH excluding ortho intramolecular Hbond substituents is 1. The van der Waals surface area contributed by atoms with Gasteiger partial charge in [0.05, 0.1) is 12.7 Å². The van der Waals surface area contributed by atoms with Crippen molar-refractivity contribution in [2.24, 2.45) is 0 Å². The number of fused-ring (bicyclic) bond motifs is 1. The van der Waals surface area contributed by atoms with E-state index in [-0.39, 0.29) is 11.9 Å². The van der Waals surface area contributed by atoms with Gasteiger partial charge in [0.2, 0.25) is 0 Å². The van der Waals surface area contributed by atoms with Crippen LogP contribution in [0.4, 0.5) is 0 Å². The second-order valence-electron chi connectivity index (χ2n) is 3.05. The van der Waals surface area contributed by atoms with E-state index in [0.29, 0.717) is 13.0 Å². The average Bonchev–Trinajstić information content (AvgIpc) is 2.51. The van der Waals surface area contributed by atoms with Gasteiger partial charge in [-0.2, -0.15) is 0 Å². The summed E-state index contributed by atoms with van der Waals surface area (Å²) in [6, 6.07) is 5.28. The van der Waals surface area contributed by atoms with Crippen LogP contribution in [-0.2, 0) is 16.1 Å². The van der Waals surface area contributed by atoms with Crippen molar-refractivity contribution in [2.45, 2.75) is 19.1 Å². The number of aldehydes is 1. The molecule has 0 spiro atoms. The van der Waals surface area contributed by atoms with E-state index in [0.717, 1.165) is 17.4 Å². The Morgan fingerprint density at radius 2 is 2.46 bits per heavy atom. The zero-order valence-electron chi connectivity index (χ0n) is 7.06. The van der Waals surface area contributed by atoms with Crippen molar-refractivity contribution in [2.75, 3.05) is 0 Å². The van der Waals surface area contributed by atoms with E-state index < -0.39 is 0 Å². The average molecular weight is 178 g/mol. The third kappa shape index (κ3) is 1.31. The largest absolute Gasteiger partial charge is 0.508 e. The van der Waals surface area contributed by atoms with Gasteiger partial charge in [0.1, 0.15) is 12.0 Å². The van der Waals surface area contributed by atoms with Crippen LogP contribution in [0.2, 0.25) is 0 Å². The molecular weight excluding hydrogens is 168 g/mol. The van der Waals surface area contributed by atoms with E-state index in [2.05, 4.69) is 0 Å². The first-order valence-electron chi connectivity index (χ1n) is 4.19. The zero-order valence-corrected chi connectivity index (χ0v) is 7.06. The minimum absolute atomic E-state index is 0.167. The lowest BCUT2D eigenvalue weighted by atomic mass is 10.0. The first-order valence-corrected chi connectivity index (χ1v) is 4.19. The first-order chi connectivity index (χ1) is 6.33. The van der Waals surface area contributed by atoms with E-state index in [4.69, 9.17) is 4.74 Å². The fraction of sp³-hybridized carbons (Fsp3) is 0.300. The van der Waals surface area contributed by atoms with Crippen LogP contribution < -0.4 is 0 Å². The highest BCUT2D eigenvalue weighted by Gasteiger charge is 2.24. The van der Waals surface area contributed by atoms with Crippen LogP contribution >= 0.6 is 0 Å². The fourth-order valence-electron chi connectivity index (χ4n) is 1.61. The highest BCUT2D eigenvalue weighted by Crippen LogP contribution is 2.36. The minimum Gasteiger partial charge on any atom is -0.508 e. The molecule has 1 aromatic rings. The number of rotatable bonds is 2. The molecule has 1 aliphatic rings. The molecule has 13 heavy (non-hydrogen) atoms. The number of phenols is 1. The molecule has 0 amide bonds. The van der Waals surface area contributed by atoms with Gasteiger partial charge in [0.25, 0.3) is 0 Å². The Morgan fingerprint density at radius 3 is 3.23 bits per heavy atom. The Labute approximate surface area is 76.0 Å². The Hall–Kier alpha value is -1.35. The molecule has 1 aromatic carbocycles. The Morgan fingerprint density at radius 1 is 1.62 bits per heavy atom. The van der Waals surface area contributed by atoms with Crippen molar-refractivity contribution in [3.8, 4) is 5.75 Å². The molecule has 1 unspecified atom stereocenters. The van der Waals surface area contributed by atoms with Crippen LogP contribution in [0.15, 0.2) is 18.2 Å². The number of ether oxygens (including phenoxy) is 1. The smallest absolute Gasteiger partial charge is 0.122 e. The van der Waals surface area contributed by atoms with E-state index in [1.165, 1.54) is 0 Å². The molecule has 1 N–H and O–H groups in total. The Kier molecular flexibility index (Phi) is 2.02. The van der Waals surface area contributed by atoms with Crippen molar-refractivity contribution in [3.05, 3.63) is 29.3 Å². The number of aromatic hydroxyl groups is 1. The summed E-state index contributed by atoms with van der Waals surface area (Å²) in [6.45, 7) is 0.403. The van der Waals surface area contributed by atoms with E-state index in [1.807, 2.05) is 6.07 Å². The van der Waals surface area contributed by atoms with E-state index in [9.17, 15) is 9.90 Å². The summed E-state index contributed by atoms with van der Waals surface area (Å²) in [4.78, 5) is 10.3. The van der Waals surface area contributed by atoms with Gasteiger partial charge >= 0.3 is 0 Å². The first kappa shape index (κ1) is 8.26.